The quantitative estimate of drug-likeness (QED) is 0.273. The number of non-ortho nitro benzene ring substituents is 1. The number of anilines is 1. The largest absolute Gasteiger partial charge is 0.493 e. The molecule has 0 saturated heterocycles. The van der Waals surface area contributed by atoms with Gasteiger partial charge in [0.2, 0.25) is 0 Å². The molecule has 35 heavy (non-hydrogen) atoms. The van der Waals surface area contributed by atoms with E-state index in [1.54, 1.807) is 6.21 Å². The molecule has 1 amide bonds. The number of nitro groups is 1. The number of carbonyl (C=O) groups excluding carboxylic acids is 1. The second-order valence-electron chi connectivity index (χ2n) is 9.04. The lowest BCUT2D eigenvalue weighted by Crippen LogP contribution is -2.45. The van der Waals surface area contributed by atoms with Gasteiger partial charge in [0, 0.05) is 29.2 Å². The Morgan fingerprint density at radius 1 is 1.29 bits per heavy atom. The number of benzene rings is 2. The van der Waals surface area contributed by atoms with E-state index >= 15 is 0 Å². The summed E-state index contributed by atoms with van der Waals surface area (Å²) in [6, 6.07) is 10.1. The number of hydrazone groups is 1. The summed E-state index contributed by atoms with van der Waals surface area (Å²) in [6.07, 6.45) is 4.89. The van der Waals surface area contributed by atoms with Crippen molar-refractivity contribution in [2.75, 3.05) is 18.6 Å². The van der Waals surface area contributed by atoms with Crippen LogP contribution in [0.5, 0.6) is 5.75 Å². The fraction of sp³-hybridized carbons (Fsp3) is 0.308. The van der Waals surface area contributed by atoms with E-state index < -0.39 is 10.8 Å². The first kappa shape index (κ1) is 24.0. The van der Waals surface area contributed by atoms with Crippen LogP contribution in [0.1, 0.15) is 55.8 Å². The molecule has 9 nitrogen and oxygen atoms in total. The Hall–Kier alpha value is -4.14. The molecule has 0 saturated carbocycles. The van der Waals surface area contributed by atoms with Crippen molar-refractivity contribution >= 4 is 40.0 Å². The lowest BCUT2D eigenvalue weighted by atomic mass is 9.88. The Bertz CT molecular complexity index is 1370. The topological polar surface area (TPSA) is 110 Å². The van der Waals surface area contributed by atoms with E-state index in [2.05, 4.69) is 61.3 Å². The van der Waals surface area contributed by atoms with Crippen LogP contribution in [0.2, 0.25) is 0 Å². The summed E-state index contributed by atoms with van der Waals surface area (Å²) in [6.45, 7) is 9.66. The van der Waals surface area contributed by atoms with Gasteiger partial charge in [-0.15, -0.1) is 0 Å². The van der Waals surface area contributed by atoms with Crippen molar-refractivity contribution < 1.29 is 18.9 Å². The van der Waals surface area contributed by atoms with E-state index in [9.17, 15) is 14.9 Å². The Labute approximate surface area is 203 Å². The number of nitro benzene ring substituents is 1. The van der Waals surface area contributed by atoms with Crippen LogP contribution in [0.15, 0.2) is 52.0 Å². The molecule has 0 bridgehead atoms. The third kappa shape index (κ3) is 4.62. The normalized spacial score (nSPS) is 14.7. The molecule has 1 aliphatic rings. The van der Waals surface area contributed by atoms with E-state index in [4.69, 9.17) is 9.15 Å². The molecule has 0 fully saturated rings. The number of allylic oxidation sites excluding steroid dienone is 1. The van der Waals surface area contributed by atoms with Gasteiger partial charge in [-0.3, -0.25) is 14.9 Å². The maximum atomic E-state index is 12.6. The van der Waals surface area contributed by atoms with E-state index in [0.717, 1.165) is 24.1 Å². The minimum atomic E-state index is -0.577. The van der Waals surface area contributed by atoms with Crippen molar-refractivity contribution in [3.05, 3.63) is 69.5 Å². The number of nitrogens with one attached hydrogen (secondary N) is 1. The lowest BCUT2D eigenvalue weighted by Gasteiger charge is -2.43. The van der Waals surface area contributed by atoms with Crippen LogP contribution in [0.3, 0.4) is 0 Å². The number of carbonyl (C=O) groups is 1. The van der Waals surface area contributed by atoms with Crippen molar-refractivity contribution in [1.82, 2.24) is 5.43 Å². The van der Waals surface area contributed by atoms with Gasteiger partial charge in [-0.05, 0) is 56.5 Å². The van der Waals surface area contributed by atoms with Gasteiger partial charge in [0.05, 0.1) is 29.9 Å². The van der Waals surface area contributed by atoms with Gasteiger partial charge in [-0.25, -0.2) is 5.43 Å². The molecule has 1 aliphatic heterocycles. The predicted octanol–water partition coefficient (Wildman–Crippen LogP) is 5.53. The summed E-state index contributed by atoms with van der Waals surface area (Å²) < 4.78 is 10.8. The summed E-state index contributed by atoms with van der Waals surface area (Å²) in [5.41, 5.74) is 6.85. The Morgan fingerprint density at radius 3 is 2.74 bits per heavy atom. The van der Waals surface area contributed by atoms with E-state index in [-0.39, 0.29) is 28.3 Å². The summed E-state index contributed by atoms with van der Waals surface area (Å²) in [5, 5.41) is 15.6. The Morgan fingerprint density at radius 2 is 2.06 bits per heavy atom. The molecule has 0 atom stereocenters. The number of ether oxygens (including phenoxy) is 1. The Kier molecular flexibility index (Phi) is 6.34. The fourth-order valence-corrected chi connectivity index (χ4v) is 4.51. The maximum Gasteiger partial charge on any atom is 0.307 e. The maximum absolute atomic E-state index is 12.6. The Balaban J connectivity index is 1.54. The van der Waals surface area contributed by atoms with E-state index in [1.807, 2.05) is 6.07 Å². The van der Waals surface area contributed by atoms with Crippen LogP contribution < -0.4 is 15.1 Å². The van der Waals surface area contributed by atoms with E-state index in [0.29, 0.717) is 5.39 Å². The number of hydrogen-bond donors (Lipinski definition) is 1. The number of methoxy groups -OCH3 is 1. The zero-order valence-corrected chi connectivity index (χ0v) is 20.4. The third-order valence-electron chi connectivity index (χ3n) is 6.05. The molecule has 3 aromatic rings. The third-order valence-corrected chi connectivity index (χ3v) is 6.05. The smallest absolute Gasteiger partial charge is 0.307 e. The first-order valence-electron chi connectivity index (χ1n) is 11.4. The second kappa shape index (κ2) is 9.25. The van der Waals surface area contributed by atoms with Crippen LogP contribution in [-0.4, -0.2) is 36.2 Å². The molecule has 182 valence electrons. The summed E-state index contributed by atoms with van der Waals surface area (Å²) >= 11 is 0. The van der Waals surface area contributed by atoms with Gasteiger partial charge in [0.1, 0.15) is 0 Å². The van der Waals surface area contributed by atoms with Crippen molar-refractivity contribution in [1.29, 1.82) is 0 Å². The zero-order chi connectivity index (χ0) is 25.3. The molecular formula is C26H28N4O5. The predicted molar refractivity (Wildman–Crippen MR) is 136 cm³/mol. The van der Waals surface area contributed by atoms with Crippen LogP contribution in [0.25, 0.3) is 16.5 Å². The van der Waals surface area contributed by atoms with Crippen LogP contribution >= 0.6 is 0 Å². The molecule has 2 aromatic carbocycles. The molecule has 1 N–H and O–H groups in total. The molecule has 2 heterocycles. The highest BCUT2D eigenvalue weighted by Gasteiger charge is 2.30. The molecular weight excluding hydrogens is 448 g/mol. The van der Waals surface area contributed by atoms with Gasteiger partial charge >= 0.3 is 5.91 Å². The highest BCUT2D eigenvalue weighted by Crippen LogP contribution is 2.39. The van der Waals surface area contributed by atoms with Crippen LogP contribution in [-0.2, 0) is 0 Å². The summed E-state index contributed by atoms with van der Waals surface area (Å²) in [4.78, 5) is 25.6. The minimum Gasteiger partial charge on any atom is -0.493 e. The monoisotopic (exact) mass is 476 g/mol. The summed E-state index contributed by atoms with van der Waals surface area (Å²) in [7, 11) is 1.38. The van der Waals surface area contributed by atoms with Crippen molar-refractivity contribution in [3.63, 3.8) is 0 Å². The average molecular weight is 477 g/mol. The minimum absolute atomic E-state index is 0.0300. The molecule has 0 aliphatic carbocycles. The molecule has 4 rings (SSSR count). The molecule has 0 unspecified atom stereocenters. The number of amides is 1. The summed E-state index contributed by atoms with van der Waals surface area (Å²) in [5.74, 6) is -0.431. The van der Waals surface area contributed by atoms with Gasteiger partial charge < -0.3 is 14.1 Å². The SMILES string of the molecule is CCCN1c2ccc(/C=N\NC(=O)c3cc4cc([N+](=O)[O-])cc(OC)c4o3)cc2C(C)=CC1(C)C. The molecule has 0 spiro atoms. The highest BCUT2D eigenvalue weighted by atomic mass is 16.6. The molecule has 0 radical (unpaired) electrons. The molecule has 1 aromatic heterocycles. The van der Waals surface area contributed by atoms with Crippen molar-refractivity contribution in [3.8, 4) is 5.75 Å². The zero-order valence-electron chi connectivity index (χ0n) is 20.4. The number of hydrogen-bond acceptors (Lipinski definition) is 7. The van der Waals surface area contributed by atoms with Gasteiger partial charge in [-0.1, -0.05) is 19.1 Å². The first-order valence-corrected chi connectivity index (χ1v) is 11.4. The van der Waals surface area contributed by atoms with Crippen molar-refractivity contribution in [2.24, 2.45) is 5.10 Å². The first-order chi connectivity index (χ1) is 16.6. The van der Waals surface area contributed by atoms with Crippen LogP contribution in [0.4, 0.5) is 11.4 Å². The van der Waals surface area contributed by atoms with Gasteiger partial charge in [-0.2, -0.15) is 5.10 Å². The standard InChI is InChI=1S/C26H28N4O5/c1-6-9-29-21-8-7-17(10-20(21)16(2)14-26(29,3)4)15-27-28-25(31)23-12-18-11-19(30(32)33)13-22(34-5)24(18)35-23/h7-8,10-15H,6,9H2,1-5H3,(H,28,31)/b27-15-. The number of fused-ring (bicyclic) bond motifs is 2. The number of rotatable bonds is 7. The average Bonchev–Trinajstić information content (AvgIpc) is 3.25. The second-order valence-corrected chi connectivity index (χ2v) is 9.04. The number of furan rings is 1. The lowest BCUT2D eigenvalue weighted by molar-refractivity contribution is -0.384. The van der Waals surface area contributed by atoms with Crippen molar-refractivity contribution in [2.45, 2.75) is 39.7 Å². The van der Waals surface area contributed by atoms with Crippen LogP contribution in [0, 0.1) is 10.1 Å². The molecule has 9 heteroatoms. The van der Waals surface area contributed by atoms with E-state index in [1.165, 1.54) is 36.6 Å². The highest BCUT2D eigenvalue weighted by molar-refractivity contribution is 5.98. The number of nitrogens with zero attached hydrogens (tertiary/aromatic N) is 3. The fourth-order valence-electron chi connectivity index (χ4n) is 4.51. The van der Waals surface area contributed by atoms with Gasteiger partial charge in [0.25, 0.3) is 5.69 Å². The van der Waals surface area contributed by atoms with Gasteiger partial charge in [0.15, 0.2) is 17.1 Å².